The molecule has 0 saturated carbocycles. The summed E-state index contributed by atoms with van der Waals surface area (Å²) in [4.78, 5) is 16.4. The van der Waals surface area contributed by atoms with Crippen LogP contribution in [0.15, 0.2) is 66.9 Å². The predicted octanol–water partition coefficient (Wildman–Crippen LogP) is 2.95. The largest absolute Gasteiger partial charge is 0.345 e. The van der Waals surface area contributed by atoms with E-state index in [9.17, 15) is 4.79 Å². The third-order valence-electron chi connectivity index (χ3n) is 3.45. The standard InChI is InChI=1S/C20H16N2O/c23-19(21-13-5-9-16-7-2-1-3-8-16)15-18-11-4-10-17-12-6-14-22-20(17)18/h1-4,6-8,10-12,14H,13,15H2,(H,21,23). The second-order valence-electron chi connectivity index (χ2n) is 5.11. The van der Waals surface area contributed by atoms with Crippen LogP contribution in [0.3, 0.4) is 0 Å². The van der Waals surface area contributed by atoms with Crippen LogP contribution in [0.2, 0.25) is 0 Å². The molecule has 0 bridgehead atoms. The predicted molar refractivity (Wildman–Crippen MR) is 91.8 cm³/mol. The summed E-state index contributed by atoms with van der Waals surface area (Å²) >= 11 is 0. The van der Waals surface area contributed by atoms with Crippen molar-refractivity contribution >= 4 is 16.8 Å². The van der Waals surface area contributed by atoms with Crippen LogP contribution in [0, 0.1) is 11.8 Å². The first-order valence-corrected chi connectivity index (χ1v) is 7.46. The highest BCUT2D eigenvalue weighted by atomic mass is 16.1. The molecule has 0 saturated heterocycles. The molecule has 2 aromatic carbocycles. The summed E-state index contributed by atoms with van der Waals surface area (Å²) in [5.74, 6) is 5.92. The molecule has 3 rings (SSSR count). The SMILES string of the molecule is O=C(Cc1cccc2cccnc12)NCC#Cc1ccccc1. The Morgan fingerprint density at radius 3 is 2.70 bits per heavy atom. The summed E-state index contributed by atoms with van der Waals surface area (Å²) in [6.45, 7) is 0.339. The maximum Gasteiger partial charge on any atom is 0.225 e. The summed E-state index contributed by atoms with van der Waals surface area (Å²) < 4.78 is 0. The van der Waals surface area contributed by atoms with E-state index in [-0.39, 0.29) is 5.91 Å². The first-order valence-electron chi connectivity index (χ1n) is 7.46. The molecule has 0 aliphatic heterocycles. The monoisotopic (exact) mass is 300 g/mol. The Kier molecular flexibility index (Phi) is 4.66. The minimum Gasteiger partial charge on any atom is -0.345 e. The van der Waals surface area contributed by atoms with Gasteiger partial charge in [0.1, 0.15) is 0 Å². The van der Waals surface area contributed by atoms with Gasteiger partial charge in [-0.25, -0.2) is 0 Å². The number of benzene rings is 2. The average Bonchev–Trinajstić information content (AvgIpc) is 2.60. The number of nitrogens with one attached hydrogen (secondary N) is 1. The van der Waals surface area contributed by atoms with Crippen LogP contribution < -0.4 is 5.32 Å². The van der Waals surface area contributed by atoms with Gasteiger partial charge in [0.15, 0.2) is 0 Å². The van der Waals surface area contributed by atoms with E-state index >= 15 is 0 Å². The Morgan fingerprint density at radius 1 is 1.00 bits per heavy atom. The molecule has 0 aliphatic carbocycles. The van der Waals surface area contributed by atoms with Gasteiger partial charge in [-0.3, -0.25) is 9.78 Å². The number of fused-ring (bicyclic) bond motifs is 1. The first kappa shape index (κ1) is 14.8. The van der Waals surface area contributed by atoms with E-state index in [2.05, 4.69) is 22.1 Å². The van der Waals surface area contributed by atoms with E-state index in [1.165, 1.54) is 0 Å². The Bertz CT molecular complexity index is 871. The lowest BCUT2D eigenvalue weighted by Crippen LogP contribution is -2.25. The molecule has 112 valence electrons. The van der Waals surface area contributed by atoms with Crippen molar-refractivity contribution in [2.75, 3.05) is 6.54 Å². The number of para-hydroxylation sites is 1. The van der Waals surface area contributed by atoms with E-state index in [1.807, 2.05) is 60.7 Å². The Morgan fingerprint density at radius 2 is 1.83 bits per heavy atom. The molecule has 0 aliphatic rings. The fraction of sp³-hybridized carbons (Fsp3) is 0.100. The number of hydrogen-bond donors (Lipinski definition) is 1. The second-order valence-corrected chi connectivity index (χ2v) is 5.11. The number of nitrogens with zero attached hydrogens (tertiary/aromatic N) is 1. The van der Waals surface area contributed by atoms with Gasteiger partial charge in [0, 0.05) is 17.1 Å². The van der Waals surface area contributed by atoms with Crippen molar-refractivity contribution in [2.24, 2.45) is 0 Å². The van der Waals surface area contributed by atoms with Crippen molar-refractivity contribution in [1.82, 2.24) is 10.3 Å². The van der Waals surface area contributed by atoms with Gasteiger partial charge in [0.25, 0.3) is 0 Å². The van der Waals surface area contributed by atoms with E-state index in [1.54, 1.807) is 6.20 Å². The highest BCUT2D eigenvalue weighted by Crippen LogP contribution is 2.16. The molecule has 3 heteroatoms. The van der Waals surface area contributed by atoms with Crippen LogP contribution in [0.25, 0.3) is 10.9 Å². The third kappa shape index (κ3) is 3.96. The summed E-state index contributed by atoms with van der Waals surface area (Å²) in [6, 6.07) is 19.5. The Hall–Kier alpha value is -3.12. The Balaban J connectivity index is 1.60. The van der Waals surface area contributed by atoms with E-state index in [4.69, 9.17) is 0 Å². The lowest BCUT2D eigenvalue weighted by Gasteiger charge is -2.05. The van der Waals surface area contributed by atoms with Gasteiger partial charge in [-0.05, 0) is 23.8 Å². The first-order chi connectivity index (χ1) is 11.3. The molecule has 3 nitrogen and oxygen atoms in total. The number of rotatable bonds is 3. The number of carbonyl (C=O) groups is 1. The normalized spacial score (nSPS) is 9.91. The van der Waals surface area contributed by atoms with Gasteiger partial charge in [0.2, 0.25) is 5.91 Å². The fourth-order valence-corrected chi connectivity index (χ4v) is 2.36. The molecule has 0 radical (unpaired) electrons. The van der Waals surface area contributed by atoms with Gasteiger partial charge in [-0.2, -0.15) is 0 Å². The summed E-state index contributed by atoms with van der Waals surface area (Å²) in [5, 5.41) is 3.87. The minimum absolute atomic E-state index is 0.0504. The molecule has 3 aromatic rings. The maximum atomic E-state index is 12.1. The number of carbonyl (C=O) groups excluding carboxylic acids is 1. The van der Waals surface area contributed by atoms with Crippen LogP contribution in [-0.2, 0) is 11.2 Å². The molecule has 0 spiro atoms. The molecular formula is C20H16N2O. The number of amides is 1. The lowest BCUT2D eigenvalue weighted by atomic mass is 10.1. The van der Waals surface area contributed by atoms with Crippen LogP contribution in [-0.4, -0.2) is 17.4 Å². The quantitative estimate of drug-likeness (QED) is 0.756. The lowest BCUT2D eigenvalue weighted by molar-refractivity contribution is -0.120. The molecule has 1 heterocycles. The fourth-order valence-electron chi connectivity index (χ4n) is 2.36. The zero-order valence-corrected chi connectivity index (χ0v) is 12.6. The summed E-state index contributed by atoms with van der Waals surface area (Å²) in [6.07, 6.45) is 2.05. The van der Waals surface area contributed by atoms with Gasteiger partial charge < -0.3 is 5.32 Å². The van der Waals surface area contributed by atoms with Crippen LogP contribution >= 0.6 is 0 Å². The molecule has 1 N–H and O–H groups in total. The van der Waals surface area contributed by atoms with Crippen LogP contribution in [0.5, 0.6) is 0 Å². The topological polar surface area (TPSA) is 42.0 Å². The Labute approximate surface area is 135 Å². The average molecular weight is 300 g/mol. The van der Waals surface area contributed by atoms with E-state index < -0.39 is 0 Å². The number of hydrogen-bond acceptors (Lipinski definition) is 2. The highest BCUT2D eigenvalue weighted by Gasteiger charge is 2.06. The maximum absolute atomic E-state index is 12.1. The molecular weight excluding hydrogens is 284 g/mol. The van der Waals surface area contributed by atoms with Gasteiger partial charge in [0.05, 0.1) is 18.5 Å². The van der Waals surface area contributed by atoms with E-state index in [0.717, 1.165) is 22.0 Å². The summed E-state index contributed by atoms with van der Waals surface area (Å²) in [5.41, 5.74) is 2.75. The molecule has 1 amide bonds. The van der Waals surface area contributed by atoms with Crippen LogP contribution in [0.4, 0.5) is 0 Å². The summed E-state index contributed by atoms with van der Waals surface area (Å²) in [7, 11) is 0. The van der Waals surface area contributed by atoms with Gasteiger partial charge in [-0.1, -0.05) is 54.3 Å². The van der Waals surface area contributed by atoms with E-state index in [0.29, 0.717) is 13.0 Å². The van der Waals surface area contributed by atoms with Crippen molar-refractivity contribution < 1.29 is 4.79 Å². The second kappa shape index (κ2) is 7.24. The molecule has 0 unspecified atom stereocenters. The minimum atomic E-state index is -0.0504. The molecule has 0 atom stereocenters. The van der Waals surface area contributed by atoms with Crippen molar-refractivity contribution in [3.8, 4) is 11.8 Å². The molecule has 0 fully saturated rings. The smallest absolute Gasteiger partial charge is 0.225 e. The zero-order chi connectivity index (χ0) is 15.9. The molecule has 23 heavy (non-hydrogen) atoms. The highest BCUT2D eigenvalue weighted by molar-refractivity contribution is 5.87. The van der Waals surface area contributed by atoms with Crippen molar-refractivity contribution in [3.63, 3.8) is 0 Å². The zero-order valence-electron chi connectivity index (χ0n) is 12.6. The van der Waals surface area contributed by atoms with Crippen LogP contribution in [0.1, 0.15) is 11.1 Å². The third-order valence-corrected chi connectivity index (χ3v) is 3.45. The van der Waals surface area contributed by atoms with Crippen molar-refractivity contribution in [3.05, 3.63) is 78.0 Å². The van der Waals surface area contributed by atoms with Gasteiger partial charge >= 0.3 is 0 Å². The van der Waals surface area contributed by atoms with Crippen molar-refractivity contribution in [1.29, 1.82) is 0 Å². The van der Waals surface area contributed by atoms with Crippen molar-refractivity contribution in [2.45, 2.75) is 6.42 Å². The van der Waals surface area contributed by atoms with Gasteiger partial charge in [-0.15, -0.1) is 0 Å². The number of pyridine rings is 1. The number of aromatic nitrogens is 1. The molecule has 1 aromatic heterocycles.